The number of carbonyl (C=O) groups excluding carboxylic acids is 2. The third-order valence-electron chi connectivity index (χ3n) is 7.23. The molecule has 33 heavy (non-hydrogen) atoms. The van der Waals surface area contributed by atoms with Gasteiger partial charge in [0.1, 0.15) is 11.9 Å². The van der Waals surface area contributed by atoms with Crippen LogP contribution < -0.4 is 15.0 Å². The Kier molecular flexibility index (Phi) is 8.62. The van der Waals surface area contributed by atoms with Gasteiger partial charge in [0.05, 0.1) is 12.2 Å². The number of anilines is 1. The zero-order valence-electron chi connectivity index (χ0n) is 20.1. The Balaban J connectivity index is 1.10. The first-order valence-electron chi connectivity index (χ1n) is 12.9. The van der Waals surface area contributed by atoms with Crippen molar-refractivity contribution in [1.82, 2.24) is 15.1 Å². The van der Waals surface area contributed by atoms with E-state index >= 15 is 0 Å². The van der Waals surface area contributed by atoms with Crippen molar-refractivity contribution in [2.24, 2.45) is 0 Å². The lowest BCUT2D eigenvalue weighted by molar-refractivity contribution is -0.125. The summed E-state index contributed by atoms with van der Waals surface area (Å²) < 4.78 is 5.81. The third-order valence-corrected chi connectivity index (χ3v) is 7.23. The Bertz CT molecular complexity index is 787. The summed E-state index contributed by atoms with van der Waals surface area (Å²) in [6.07, 6.45) is 8.04. The number of likely N-dealkylation sites (tertiary alicyclic amines) is 2. The van der Waals surface area contributed by atoms with E-state index in [0.717, 1.165) is 30.4 Å². The second kappa shape index (κ2) is 11.8. The van der Waals surface area contributed by atoms with Crippen LogP contribution in [0.15, 0.2) is 24.3 Å². The molecule has 0 bridgehead atoms. The fraction of sp³-hybridized carbons (Fsp3) is 0.692. The van der Waals surface area contributed by atoms with E-state index in [-0.39, 0.29) is 30.8 Å². The lowest BCUT2D eigenvalue weighted by atomic mass is 10.00. The van der Waals surface area contributed by atoms with Crippen molar-refractivity contribution in [3.63, 3.8) is 0 Å². The van der Waals surface area contributed by atoms with Gasteiger partial charge >= 0.3 is 0 Å². The molecule has 182 valence electrons. The molecule has 7 heteroatoms. The molecule has 4 rings (SSSR count). The van der Waals surface area contributed by atoms with E-state index in [0.29, 0.717) is 13.1 Å². The molecule has 3 aliphatic heterocycles. The van der Waals surface area contributed by atoms with Crippen molar-refractivity contribution in [2.45, 2.75) is 70.4 Å². The standard InChI is InChI=1S/C26H40N4O3/c1-21-20-30(23-8-3-4-9-24(23)33-21)26(32)11-10-25(31)27-14-7-15-28-18-12-22(13-19-28)29-16-5-2-6-17-29/h3-4,8-9,21-22H,2,5-7,10-20H2,1H3,(H,27,31)/t21-/m1/s1. The summed E-state index contributed by atoms with van der Waals surface area (Å²) in [5, 5.41) is 3.00. The van der Waals surface area contributed by atoms with Gasteiger partial charge in [-0.1, -0.05) is 18.6 Å². The second-order valence-corrected chi connectivity index (χ2v) is 9.77. The number of carbonyl (C=O) groups is 2. The highest BCUT2D eigenvalue weighted by Crippen LogP contribution is 2.33. The van der Waals surface area contributed by atoms with Crippen LogP contribution in [0.25, 0.3) is 0 Å². The number of fused-ring (bicyclic) bond motifs is 1. The van der Waals surface area contributed by atoms with E-state index < -0.39 is 0 Å². The Morgan fingerprint density at radius 2 is 1.79 bits per heavy atom. The Hall–Kier alpha value is -2.12. The highest BCUT2D eigenvalue weighted by atomic mass is 16.5. The first kappa shape index (κ1) is 24.0. The van der Waals surface area contributed by atoms with Crippen molar-refractivity contribution in [2.75, 3.05) is 50.7 Å². The molecular formula is C26H40N4O3. The first-order valence-corrected chi connectivity index (χ1v) is 12.9. The lowest BCUT2D eigenvalue weighted by Crippen LogP contribution is -2.47. The summed E-state index contributed by atoms with van der Waals surface area (Å²) >= 11 is 0. The zero-order valence-corrected chi connectivity index (χ0v) is 20.1. The summed E-state index contributed by atoms with van der Waals surface area (Å²) in [6.45, 7) is 9.11. The monoisotopic (exact) mass is 456 g/mol. The van der Waals surface area contributed by atoms with E-state index in [9.17, 15) is 9.59 Å². The summed E-state index contributed by atoms with van der Waals surface area (Å²) in [5.74, 6) is 0.667. The van der Waals surface area contributed by atoms with E-state index in [4.69, 9.17) is 4.74 Å². The van der Waals surface area contributed by atoms with Gasteiger partial charge in [0.2, 0.25) is 11.8 Å². The molecule has 0 spiro atoms. The van der Waals surface area contributed by atoms with E-state index in [1.165, 1.54) is 58.3 Å². The van der Waals surface area contributed by atoms with Crippen LogP contribution in [0.2, 0.25) is 0 Å². The largest absolute Gasteiger partial charge is 0.487 e. The van der Waals surface area contributed by atoms with Crippen LogP contribution in [0.3, 0.4) is 0 Å². The Morgan fingerprint density at radius 1 is 1.03 bits per heavy atom. The smallest absolute Gasteiger partial charge is 0.227 e. The second-order valence-electron chi connectivity index (χ2n) is 9.77. The number of para-hydroxylation sites is 2. The number of benzene rings is 1. The number of rotatable bonds is 8. The average Bonchev–Trinajstić information content (AvgIpc) is 2.85. The molecule has 3 aliphatic rings. The van der Waals surface area contributed by atoms with Crippen LogP contribution in [0.4, 0.5) is 5.69 Å². The van der Waals surface area contributed by atoms with Gasteiger partial charge in [0.25, 0.3) is 0 Å². The molecule has 1 N–H and O–H groups in total. The first-order chi connectivity index (χ1) is 16.1. The highest BCUT2D eigenvalue weighted by Gasteiger charge is 2.28. The predicted molar refractivity (Wildman–Crippen MR) is 131 cm³/mol. The molecule has 7 nitrogen and oxygen atoms in total. The minimum absolute atomic E-state index is 0.0238. The number of amides is 2. The number of nitrogens with one attached hydrogen (secondary N) is 1. The minimum atomic E-state index is -0.0532. The fourth-order valence-corrected chi connectivity index (χ4v) is 5.39. The maximum Gasteiger partial charge on any atom is 0.227 e. The van der Waals surface area contributed by atoms with Crippen LogP contribution in [0.5, 0.6) is 5.75 Å². The molecular weight excluding hydrogens is 416 g/mol. The summed E-state index contributed by atoms with van der Waals surface area (Å²) in [5.41, 5.74) is 0.796. The van der Waals surface area contributed by atoms with Crippen LogP contribution >= 0.6 is 0 Å². The van der Waals surface area contributed by atoms with Gasteiger partial charge in [-0.2, -0.15) is 0 Å². The van der Waals surface area contributed by atoms with Gasteiger partial charge in [-0.3, -0.25) is 9.59 Å². The van der Waals surface area contributed by atoms with Gasteiger partial charge in [0.15, 0.2) is 0 Å². The maximum atomic E-state index is 12.8. The highest BCUT2D eigenvalue weighted by molar-refractivity contribution is 5.97. The molecule has 3 heterocycles. The van der Waals surface area contributed by atoms with E-state index in [1.54, 1.807) is 4.90 Å². The molecule has 0 saturated carbocycles. The van der Waals surface area contributed by atoms with Gasteiger partial charge in [-0.15, -0.1) is 0 Å². The average molecular weight is 457 g/mol. The summed E-state index contributed by atoms with van der Waals surface area (Å²) in [4.78, 5) is 32.0. The van der Waals surface area contributed by atoms with Crippen molar-refractivity contribution < 1.29 is 14.3 Å². The molecule has 1 aromatic rings. The molecule has 2 fully saturated rings. The number of piperidine rings is 2. The normalized spacial score (nSPS) is 22.5. The van der Waals surface area contributed by atoms with Gasteiger partial charge in [-0.05, 0) is 83.9 Å². The van der Waals surface area contributed by atoms with Crippen LogP contribution in [0, 0.1) is 0 Å². The Morgan fingerprint density at radius 3 is 2.58 bits per heavy atom. The third kappa shape index (κ3) is 6.70. The van der Waals surface area contributed by atoms with Crippen molar-refractivity contribution in [1.29, 1.82) is 0 Å². The van der Waals surface area contributed by atoms with Crippen LogP contribution in [-0.4, -0.2) is 79.6 Å². The predicted octanol–water partition coefficient (Wildman–Crippen LogP) is 3.04. The molecule has 0 aromatic heterocycles. The quantitative estimate of drug-likeness (QED) is 0.609. The molecule has 1 aromatic carbocycles. The Labute approximate surface area is 198 Å². The lowest BCUT2D eigenvalue weighted by Gasteiger charge is -2.40. The van der Waals surface area contributed by atoms with Crippen molar-refractivity contribution in [3.05, 3.63) is 24.3 Å². The van der Waals surface area contributed by atoms with Crippen molar-refractivity contribution >= 4 is 17.5 Å². The number of hydrogen-bond acceptors (Lipinski definition) is 5. The maximum absolute atomic E-state index is 12.8. The number of ether oxygens (including phenoxy) is 1. The summed E-state index contributed by atoms with van der Waals surface area (Å²) in [6, 6.07) is 8.37. The van der Waals surface area contributed by atoms with Crippen LogP contribution in [0.1, 0.15) is 58.3 Å². The SMILES string of the molecule is C[C@@H]1CN(C(=O)CCC(=O)NCCCN2CCC(N3CCCCC3)CC2)c2ccccc2O1. The number of hydrogen-bond donors (Lipinski definition) is 1. The van der Waals surface area contributed by atoms with E-state index in [2.05, 4.69) is 15.1 Å². The zero-order chi connectivity index (χ0) is 23.0. The molecule has 0 aliphatic carbocycles. The fourth-order valence-electron chi connectivity index (χ4n) is 5.39. The molecule has 2 saturated heterocycles. The molecule has 0 radical (unpaired) electrons. The minimum Gasteiger partial charge on any atom is -0.487 e. The van der Waals surface area contributed by atoms with E-state index in [1.807, 2.05) is 31.2 Å². The molecule has 2 amide bonds. The summed E-state index contributed by atoms with van der Waals surface area (Å²) in [7, 11) is 0. The molecule has 1 atom stereocenters. The van der Waals surface area contributed by atoms with Crippen molar-refractivity contribution in [3.8, 4) is 5.75 Å². The topological polar surface area (TPSA) is 65.1 Å². The van der Waals surface area contributed by atoms with Gasteiger partial charge in [0, 0.05) is 25.4 Å². The van der Waals surface area contributed by atoms with Crippen LogP contribution in [-0.2, 0) is 9.59 Å². The van der Waals surface area contributed by atoms with Gasteiger partial charge in [-0.25, -0.2) is 0 Å². The van der Waals surface area contributed by atoms with Gasteiger partial charge < -0.3 is 24.8 Å². The number of nitrogens with zero attached hydrogens (tertiary/aromatic N) is 3. The molecule has 0 unspecified atom stereocenters.